The molecular formula is C18H33NO4. The van der Waals surface area contributed by atoms with Gasteiger partial charge in [0.05, 0.1) is 12.7 Å². The van der Waals surface area contributed by atoms with E-state index in [9.17, 15) is 4.79 Å². The van der Waals surface area contributed by atoms with Crippen LogP contribution in [0.15, 0.2) is 0 Å². The van der Waals surface area contributed by atoms with Crippen LogP contribution < -0.4 is 5.32 Å². The fourth-order valence-electron chi connectivity index (χ4n) is 3.60. The van der Waals surface area contributed by atoms with Gasteiger partial charge in [0.2, 0.25) is 0 Å². The summed E-state index contributed by atoms with van der Waals surface area (Å²) in [5.41, 5.74) is 0. The summed E-state index contributed by atoms with van der Waals surface area (Å²) in [5, 5.41) is 12.0. The van der Waals surface area contributed by atoms with Crippen LogP contribution in [0.4, 0.5) is 4.79 Å². The number of aliphatic hydroxyl groups is 1. The third-order valence-corrected chi connectivity index (χ3v) is 5.22. The SMILES string of the molecule is CCC(CO)OC(=O)NC1CCC(OCC2CCCCC2)CC1. The minimum Gasteiger partial charge on any atom is -0.444 e. The van der Waals surface area contributed by atoms with Crippen LogP contribution in [-0.4, -0.2) is 42.7 Å². The maximum absolute atomic E-state index is 11.8. The Morgan fingerprint density at radius 3 is 2.43 bits per heavy atom. The number of ether oxygens (including phenoxy) is 2. The number of carbonyl (C=O) groups is 1. The van der Waals surface area contributed by atoms with Gasteiger partial charge < -0.3 is 19.9 Å². The standard InChI is InChI=1S/C18H33NO4/c1-2-16(12-20)23-18(21)19-15-8-10-17(11-9-15)22-13-14-6-4-3-5-7-14/h14-17,20H,2-13H2,1H3,(H,19,21). The highest BCUT2D eigenvalue weighted by Gasteiger charge is 2.25. The number of amides is 1. The summed E-state index contributed by atoms with van der Waals surface area (Å²) in [5.74, 6) is 0.763. The van der Waals surface area contributed by atoms with E-state index in [-0.39, 0.29) is 12.6 Å². The highest BCUT2D eigenvalue weighted by molar-refractivity contribution is 5.67. The Bertz CT molecular complexity index is 332. The molecule has 2 rings (SSSR count). The summed E-state index contributed by atoms with van der Waals surface area (Å²) in [7, 11) is 0. The number of hydrogen-bond donors (Lipinski definition) is 2. The predicted molar refractivity (Wildman–Crippen MR) is 89.4 cm³/mol. The Labute approximate surface area is 140 Å². The Morgan fingerprint density at radius 2 is 1.83 bits per heavy atom. The fourth-order valence-corrected chi connectivity index (χ4v) is 3.60. The van der Waals surface area contributed by atoms with Crippen LogP contribution in [0.5, 0.6) is 0 Å². The maximum Gasteiger partial charge on any atom is 0.407 e. The molecule has 2 N–H and O–H groups in total. The normalized spacial score (nSPS) is 27.4. The van der Waals surface area contributed by atoms with Crippen molar-refractivity contribution in [2.24, 2.45) is 5.92 Å². The molecule has 0 saturated heterocycles. The van der Waals surface area contributed by atoms with Crippen LogP contribution in [0.25, 0.3) is 0 Å². The molecule has 134 valence electrons. The van der Waals surface area contributed by atoms with Gasteiger partial charge in [0, 0.05) is 12.6 Å². The van der Waals surface area contributed by atoms with Gasteiger partial charge in [-0.05, 0) is 50.9 Å². The first kappa shape index (κ1) is 18.5. The van der Waals surface area contributed by atoms with Crippen LogP contribution in [0.2, 0.25) is 0 Å². The van der Waals surface area contributed by atoms with E-state index < -0.39 is 12.2 Å². The zero-order valence-corrected chi connectivity index (χ0v) is 14.5. The Morgan fingerprint density at radius 1 is 1.13 bits per heavy atom. The van der Waals surface area contributed by atoms with Crippen molar-refractivity contribution in [3.05, 3.63) is 0 Å². The van der Waals surface area contributed by atoms with E-state index in [0.29, 0.717) is 12.5 Å². The maximum atomic E-state index is 11.8. The monoisotopic (exact) mass is 327 g/mol. The summed E-state index contributed by atoms with van der Waals surface area (Å²) in [6.07, 6.45) is 10.8. The van der Waals surface area contributed by atoms with E-state index in [0.717, 1.165) is 38.2 Å². The average molecular weight is 327 g/mol. The summed E-state index contributed by atoms with van der Waals surface area (Å²) < 4.78 is 11.3. The predicted octanol–water partition coefficient (Wildman–Crippen LogP) is 3.39. The number of carbonyl (C=O) groups excluding carboxylic acids is 1. The highest BCUT2D eigenvalue weighted by atomic mass is 16.6. The topological polar surface area (TPSA) is 67.8 Å². The van der Waals surface area contributed by atoms with Gasteiger partial charge in [-0.15, -0.1) is 0 Å². The van der Waals surface area contributed by atoms with E-state index in [1.807, 2.05) is 6.92 Å². The molecule has 0 aromatic heterocycles. The van der Waals surface area contributed by atoms with E-state index in [1.54, 1.807) is 0 Å². The lowest BCUT2D eigenvalue weighted by molar-refractivity contribution is -0.00442. The largest absolute Gasteiger partial charge is 0.444 e. The number of alkyl carbamates (subject to hydrolysis) is 1. The quantitative estimate of drug-likeness (QED) is 0.752. The average Bonchev–Trinajstić information content (AvgIpc) is 2.60. The first-order chi connectivity index (χ1) is 11.2. The van der Waals surface area contributed by atoms with Crippen molar-refractivity contribution in [3.8, 4) is 0 Å². The fraction of sp³-hybridized carbons (Fsp3) is 0.944. The van der Waals surface area contributed by atoms with Crippen LogP contribution in [-0.2, 0) is 9.47 Å². The van der Waals surface area contributed by atoms with Gasteiger partial charge in [0.15, 0.2) is 0 Å². The van der Waals surface area contributed by atoms with Crippen molar-refractivity contribution < 1.29 is 19.4 Å². The Hall–Kier alpha value is -0.810. The van der Waals surface area contributed by atoms with Gasteiger partial charge in [0.25, 0.3) is 0 Å². The molecule has 0 aromatic rings. The van der Waals surface area contributed by atoms with Gasteiger partial charge >= 0.3 is 6.09 Å². The second-order valence-corrected chi connectivity index (χ2v) is 7.07. The van der Waals surface area contributed by atoms with Gasteiger partial charge in [-0.25, -0.2) is 4.79 Å². The van der Waals surface area contributed by atoms with Gasteiger partial charge in [-0.1, -0.05) is 26.2 Å². The first-order valence-electron chi connectivity index (χ1n) is 9.40. The third kappa shape index (κ3) is 6.68. The number of nitrogens with one attached hydrogen (secondary N) is 1. The second-order valence-electron chi connectivity index (χ2n) is 7.07. The highest BCUT2D eigenvalue weighted by Crippen LogP contribution is 2.27. The lowest BCUT2D eigenvalue weighted by Crippen LogP contribution is -2.41. The van der Waals surface area contributed by atoms with Crippen molar-refractivity contribution in [2.45, 2.75) is 89.4 Å². The molecule has 5 nitrogen and oxygen atoms in total. The van der Waals surface area contributed by atoms with Crippen molar-refractivity contribution in [1.82, 2.24) is 5.32 Å². The molecule has 0 spiro atoms. The molecule has 0 radical (unpaired) electrons. The summed E-state index contributed by atoms with van der Waals surface area (Å²) in [6, 6.07) is 0.174. The zero-order valence-electron chi connectivity index (χ0n) is 14.5. The van der Waals surface area contributed by atoms with E-state index in [1.165, 1.54) is 32.1 Å². The van der Waals surface area contributed by atoms with Crippen molar-refractivity contribution >= 4 is 6.09 Å². The van der Waals surface area contributed by atoms with Crippen LogP contribution in [0.1, 0.15) is 71.1 Å². The van der Waals surface area contributed by atoms with Gasteiger partial charge in [-0.3, -0.25) is 0 Å². The van der Waals surface area contributed by atoms with E-state index in [4.69, 9.17) is 14.6 Å². The molecular weight excluding hydrogens is 294 g/mol. The zero-order chi connectivity index (χ0) is 16.5. The van der Waals surface area contributed by atoms with Crippen molar-refractivity contribution in [2.75, 3.05) is 13.2 Å². The minimum absolute atomic E-state index is 0.119. The molecule has 2 saturated carbocycles. The summed E-state index contributed by atoms with van der Waals surface area (Å²) in [4.78, 5) is 11.8. The summed E-state index contributed by atoms with van der Waals surface area (Å²) >= 11 is 0. The molecule has 1 unspecified atom stereocenters. The third-order valence-electron chi connectivity index (χ3n) is 5.22. The molecule has 1 atom stereocenters. The molecule has 2 aliphatic rings. The molecule has 23 heavy (non-hydrogen) atoms. The number of aliphatic hydroxyl groups excluding tert-OH is 1. The van der Waals surface area contributed by atoms with Gasteiger partial charge in [0.1, 0.15) is 6.10 Å². The smallest absolute Gasteiger partial charge is 0.407 e. The Balaban J connectivity index is 1.58. The Kier molecular flexibility index (Phi) is 8.17. The van der Waals surface area contributed by atoms with Crippen LogP contribution in [0.3, 0.4) is 0 Å². The molecule has 0 bridgehead atoms. The molecule has 1 amide bonds. The number of rotatable bonds is 7. The van der Waals surface area contributed by atoms with E-state index in [2.05, 4.69) is 5.32 Å². The van der Waals surface area contributed by atoms with Crippen LogP contribution >= 0.6 is 0 Å². The van der Waals surface area contributed by atoms with E-state index >= 15 is 0 Å². The molecule has 0 aromatic carbocycles. The molecule has 0 aliphatic heterocycles. The molecule has 2 fully saturated rings. The lowest BCUT2D eigenvalue weighted by atomic mass is 9.89. The van der Waals surface area contributed by atoms with Gasteiger partial charge in [-0.2, -0.15) is 0 Å². The number of hydrogen-bond acceptors (Lipinski definition) is 4. The minimum atomic E-state index is -0.405. The summed E-state index contributed by atoms with van der Waals surface area (Å²) in [6.45, 7) is 2.69. The van der Waals surface area contributed by atoms with Crippen molar-refractivity contribution in [1.29, 1.82) is 0 Å². The lowest BCUT2D eigenvalue weighted by Gasteiger charge is -2.31. The van der Waals surface area contributed by atoms with Crippen LogP contribution in [0, 0.1) is 5.92 Å². The molecule has 5 heteroatoms. The second kappa shape index (κ2) is 10.1. The van der Waals surface area contributed by atoms with Crippen molar-refractivity contribution in [3.63, 3.8) is 0 Å². The molecule has 2 aliphatic carbocycles. The molecule has 0 heterocycles. The first-order valence-corrected chi connectivity index (χ1v) is 9.40.